The molecular formula is C5H10S2. The van der Waals surface area contributed by atoms with Crippen molar-refractivity contribution in [3.05, 3.63) is 10.3 Å². The molecule has 0 aliphatic heterocycles. The van der Waals surface area contributed by atoms with Gasteiger partial charge >= 0.3 is 0 Å². The maximum absolute atomic E-state index is 2.14. The van der Waals surface area contributed by atoms with Gasteiger partial charge in [-0.2, -0.15) is 0 Å². The number of hydrogen-bond donors (Lipinski definition) is 0. The number of thioether (sulfide) groups is 2. The predicted octanol–water partition coefficient (Wildman–Crippen LogP) is 2.57. The average Bonchev–Trinajstić information content (AvgIpc) is 1.68. The molecule has 0 radical (unpaired) electrons. The molecule has 7 heavy (non-hydrogen) atoms. The molecule has 0 bridgehead atoms. The van der Waals surface area contributed by atoms with Crippen LogP contribution < -0.4 is 0 Å². The van der Waals surface area contributed by atoms with Crippen LogP contribution in [-0.4, -0.2) is 12.5 Å². The van der Waals surface area contributed by atoms with Gasteiger partial charge < -0.3 is 0 Å². The molecule has 0 unspecified atom stereocenters. The second kappa shape index (κ2) is 4.60. The Morgan fingerprint density at radius 2 is 2.00 bits per heavy atom. The van der Waals surface area contributed by atoms with Crippen molar-refractivity contribution in [2.24, 2.45) is 0 Å². The van der Waals surface area contributed by atoms with E-state index < -0.39 is 0 Å². The second-order valence-corrected chi connectivity index (χ2v) is 2.93. The van der Waals surface area contributed by atoms with Crippen LogP contribution in [-0.2, 0) is 0 Å². The van der Waals surface area contributed by atoms with Crippen molar-refractivity contribution in [3.63, 3.8) is 0 Å². The first-order chi connectivity index (χ1) is 3.31. The molecule has 0 aromatic carbocycles. The zero-order chi connectivity index (χ0) is 5.70. The molecule has 0 nitrogen and oxygen atoms in total. The van der Waals surface area contributed by atoms with Crippen molar-refractivity contribution in [1.29, 1.82) is 0 Å². The minimum absolute atomic E-state index is 1.38. The van der Waals surface area contributed by atoms with Crippen molar-refractivity contribution in [2.75, 3.05) is 12.5 Å². The monoisotopic (exact) mass is 134 g/mol. The lowest BCUT2D eigenvalue weighted by Gasteiger charge is -1.87. The van der Waals surface area contributed by atoms with Crippen molar-refractivity contribution in [1.82, 2.24) is 0 Å². The third-order valence-corrected chi connectivity index (χ3v) is 2.11. The highest BCUT2D eigenvalue weighted by atomic mass is 32.2. The Bertz CT molecular complexity index is 66.5. The molecule has 0 rings (SSSR count). The number of rotatable bonds is 2. The Morgan fingerprint density at radius 3 is 2.14 bits per heavy atom. The van der Waals surface area contributed by atoms with E-state index in [4.69, 9.17) is 0 Å². The summed E-state index contributed by atoms with van der Waals surface area (Å²) in [7, 11) is 0. The molecule has 0 saturated heterocycles. The van der Waals surface area contributed by atoms with Gasteiger partial charge in [-0.3, -0.25) is 0 Å². The fourth-order valence-electron chi connectivity index (χ4n) is 0.214. The SMILES string of the molecule is CS/C=C(/C)SC. The topological polar surface area (TPSA) is 0 Å². The Morgan fingerprint density at radius 1 is 1.43 bits per heavy atom. The lowest BCUT2D eigenvalue weighted by molar-refractivity contribution is 1.72. The van der Waals surface area contributed by atoms with Gasteiger partial charge in [-0.25, -0.2) is 0 Å². The molecule has 0 aromatic heterocycles. The van der Waals surface area contributed by atoms with Crippen LogP contribution >= 0.6 is 23.5 Å². The Kier molecular flexibility index (Phi) is 4.88. The summed E-state index contributed by atoms with van der Waals surface area (Å²) in [6.45, 7) is 2.11. The van der Waals surface area contributed by atoms with Crippen LogP contribution in [0.3, 0.4) is 0 Å². The zero-order valence-electron chi connectivity index (χ0n) is 4.89. The van der Waals surface area contributed by atoms with Crippen molar-refractivity contribution in [2.45, 2.75) is 6.92 Å². The first kappa shape index (κ1) is 7.44. The van der Waals surface area contributed by atoms with Crippen molar-refractivity contribution < 1.29 is 0 Å². The van der Waals surface area contributed by atoms with E-state index in [1.165, 1.54) is 4.91 Å². The van der Waals surface area contributed by atoms with Crippen LogP contribution in [0.2, 0.25) is 0 Å². The number of hydrogen-bond acceptors (Lipinski definition) is 2. The maximum Gasteiger partial charge on any atom is -0.0123 e. The van der Waals surface area contributed by atoms with Gasteiger partial charge in [0.25, 0.3) is 0 Å². The Labute approximate surface area is 53.8 Å². The van der Waals surface area contributed by atoms with Gasteiger partial charge in [-0.1, -0.05) is 0 Å². The smallest absolute Gasteiger partial charge is 0.0123 e. The van der Waals surface area contributed by atoms with Gasteiger partial charge in [0, 0.05) is 0 Å². The van der Waals surface area contributed by atoms with E-state index in [9.17, 15) is 0 Å². The second-order valence-electron chi connectivity index (χ2n) is 1.17. The molecule has 2 heteroatoms. The molecule has 0 saturated carbocycles. The number of allylic oxidation sites excluding steroid dienone is 1. The standard InChI is InChI=1S/C5H10S2/c1-5(7-3)4-6-2/h4H,1-3H3/b5-4-. The summed E-state index contributed by atoms with van der Waals surface area (Å²) < 4.78 is 0. The van der Waals surface area contributed by atoms with Crippen molar-refractivity contribution >= 4 is 23.5 Å². The van der Waals surface area contributed by atoms with Gasteiger partial charge in [0.2, 0.25) is 0 Å². The summed E-state index contributed by atoms with van der Waals surface area (Å²) in [5.74, 6) is 0. The summed E-state index contributed by atoms with van der Waals surface area (Å²) in [5.41, 5.74) is 0. The lowest BCUT2D eigenvalue weighted by Crippen LogP contribution is -1.57. The summed E-state index contributed by atoms with van der Waals surface area (Å²) >= 11 is 3.54. The summed E-state index contributed by atoms with van der Waals surface area (Å²) in [6, 6.07) is 0. The van der Waals surface area contributed by atoms with Crippen LogP contribution in [0.4, 0.5) is 0 Å². The van der Waals surface area contributed by atoms with E-state index in [2.05, 4.69) is 24.8 Å². The molecule has 0 fully saturated rings. The summed E-state index contributed by atoms with van der Waals surface area (Å²) in [6.07, 6.45) is 4.15. The van der Waals surface area contributed by atoms with Gasteiger partial charge in [-0.15, -0.1) is 23.5 Å². The molecule has 0 N–H and O–H groups in total. The molecule has 0 aliphatic rings. The highest BCUT2D eigenvalue weighted by molar-refractivity contribution is 8.05. The molecule has 42 valence electrons. The Hall–Kier alpha value is 0.440. The van der Waals surface area contributed by atoms with Gasteiger partial charge in [0.15, 0.2) is 0 Å². The van der Waals surface area contributed by atoms with E-state index in [1.54, 1.807) is 23.5 Å². The molecule has 0 spiro atoms. The van der Waals surface area contributed by atoms with E-state index in [0.29, 0.717) is 0 Å². The van der Waals surface area contributed by atoms with E-state index in [-0.39, 0.29) is 0 Å². The van der Waals surface area contributed by atoms with Crippen LogP contribution in [0.1, 0.15) is 6.92 Å². The lowest BCUT2D eigenvalue weighted by atomic mass is 10.8. The van der Waals surface area contributed by atoms with Crippen LogP contribution in [0.15, 0.2) is 10.3 Å². The molecule has 0 aliphatic carbocycles. The molecule has 0 aromatic rings. The first-order valence-electron chi connectivity index (χ1n) is 2.04. The summed E-state index contributed by atoms with van der Waals surface area (Å²) in [5, 5.41) is 2.14. The van der Waals surface area contributed by atoms with Gasteiger partial charge in [0.1, 0.15) is 0 Å². The normalized spacial score (nSPS) is 12.1. The van der Waals surface area contributed by atoms with Crippen LogP contribution in [0, 0.1) is 0 Å². The van der Waals surface area contributed by atoms with Crippen molar-refractivity contribution in [3.8, 4) is 0 Å². The molecule has 0 amide bonds. The fraction of sp³-hybridized carbons (Fsp3) is 0.600. The highest BCUT2D eigenvalue weighted by Crippen LogP contribution is 2.12. The average molecular weight is 134 g/mol. The zero-order valence-corrected chi connectivity index (χ0v) is 6.53. The predicted molar refractivity (Wildman–Crippen MR) is 40.8 cm³/mol. The third-order valence-electron chi connectivity index (χ3n) is 0.606. The fourth-order valence-corrected chi connectivity index (χ4v) is 1.22. The van der Waals surface area contributed by atoms with Gasteiger partial charge in [-0.05, 0) is 29.7 Å². The van der Waals surface area contributed by atoms with E-state index in [1.807, 2.05) is 0 Å². The minimum atomic E-state index is 1.38. The van der Waals surface area contributed by atoms with E-state index in [0.717, 1.165) is 0 Å². The van der Waals surface area contributed by atoms with E-state index >= 15 is 0 Å². The van der Waals surface area contributed by atoms with Crippen LogP contribution in [0.25, 0.3) is 0 Å². The highest BCUT2D eigenvalue weighted by Gasteiger charge is 1.77. The summed E-state index contributed by atoms with van der Waals surface area (Å²) in [4.78, 5) is 1.38. The molecule has 0 atom stereocenters. The van der Waals surface area contributed by atoms with Gasteiger partial charge in [0.05, 0.1) is 0 Å². The molecule has 0 heterocycles. The largest absolute Gasteiger partial charge is 0.137 e. The molecular weight excluding hydrogens is 124 g/mol. The Balaban J connectivity index is 3.29. The quantitative estimate of drug-likeness (QED) is 0.569. The maximum atomic E-state index is 2.14. The first-order valence-corrected chi connectivity index (χ1v) is 4.56. The minimum Gasteiger partial charge on any atom is -0.137 e. The third kappa shape index (κ3) is 4.29. The van der Waals surface area contributed by atoms with Crippen LogP contribution in [0.5, 0.6) is 0 Å².